The SMILES string of the molecule is CCCCN(C)c1ccc(NC(=O)c2ccccc2C)c(C(=O)O)c1. The van der Waals surface area contributed by atoms with Gasteiger partial charge in [-0.05, 0) is 43.2 Å². The number of hydrogen-bond donors (Lipinski definition) is 2. The summed E-state index contributed by atoms with van der Waals surface area (Å²) < 4.78 is 0. The number of anilines is 2. The molecule has 0 spiro atoms. The van der Waals surface area contributed by atoms with Gasteiger partial charge in [-0.25, -0.2) is 4.79 Å². The third kappa shape index (κ3) is 4.59. The number of nitrogens with one attached hydrogen (secondary N) is 1. The normalized spacial score (nSPS) is 10.4. The Bertz CT molecular complexity index is 771. The summed E-state index contributed by atoms with van der Waals surface area (Å²) in [6.45, 7) is 4.81. The van der Waals surface area contributed by atoms with E-state index in [0.717, 1.165) is 30.6 Å². The maximum absolute atomic E-state index is 12.5. The quantitative estimate of drug-likeness (QED) is 0.793. The largest absolute Gasteiger partial charge is 0.478 e. The lowest BCUT2D eigenvalue weighted by Crippen LogP contribution is -2.20. The number of carbonyl (C=O) groups excluding carboxylic acids is 1. The minimum Gasteiger partial charge on any atom is -0.478 e. The lowest BCUT2D eigenvalue weighted by molar-refractivity contribution is 0.0698. The van der Waals surface area contributed by atoms with Gasteiger partial charge < -0.3 is 15.3 Å². The summed E-state index contributed by atoms with van der Waals surface area (Å²) in [7, 11) is 1.93. The first kappa shape index (κ1) is 18.5. The Morgan fingerprint density at radius 1 is 1.12 bits per heavy atom. The number of carbonyl (C=O) groups is 2. The molecule has 0 unspecified atom stereocenters. The van der Waals surface area contributed by atoms with E-state index in [1.807, 2.05) is 37.1 Å². The maximum atomic E-state index is 12.5. The van der Waals surface area contributed by atoms with E-state index in [1.165, 1.54) is 0 Å². The number of aromatic carboxylic acids is 1. The van der Waals surface area contributed by atoms with E-state index >= 15 is 0 Å². The first-order valence-corrected chi connectivity index (χ1v) is 8.39. The second-order valence-corrected chi connectivity index (χ2v) is 6.08. The molecule has 0 radical (unpaired) electrons. The molecule has 2 N–H and O–H groups in total. The van der Waals surface area contributed by atoms with Crippen molar-refractivity contribution in [1.29, 1.82) is 0 Å². The Hall–Kier alpha value is -2.82. The number of unbranched alkanes of at least 4 members (excludes halogenated alkanes) is 1. The predicted octanol–water partition coefficient (Wildman–Crippen LogP) is 4.18. The molecular formula is C20H24N2O3. The van der Waals surface area contributed by atoms with Crippen molar-refractivity contribution in [2.75, 3.05) is 23.8 Å². The average molecular weight is 340 g/mol. The molecule has 2 aromatic rings. The molecule has 2 aromatic carbocycles. The molecule has 5 heteroatoms. The van der Waals surface area contributed by atoms with E-state index in [-0.39, 0.29) is 11.5 Å². The number of benzene rings is 2. The Labute approximate surface area is 148 Å². The predicted molar refractivity (Wildman–Crippen MR) is 101 cm³/mol. The Kier molecular flexibility index (Phi) is 6.17. The molecule has 0 saturated carbocycles. The van der Waals surface area contributed by atoms with Crippen LogP contribution in [-0.4, -0.2) is 30.6 Å². The summed E-state index contributed by atoms with van der Waals surface area (Å²) in [5.41, 5.74) is 2.58. The molecule has 1 amide bonds. The highest BCUT2D eigenvalue weighted by atomic mass is 16.4. The van der Waals surface area contributed by atoms with Crippen LogP contribution in [0, 0.1) is 6.92 Å². The molecule has 0 atom stereocenters. The van der Waals surface area contributed by atoms with Crippen LogP contribution < -0.4 is 10.2 Å². The summed E-state index contributed by atoms with van der Waals surface area (Å²) in [5, 5.41) is 12.2. The van der Waals surface area contributed by atoms with Crippen LogP contribution in [0.2, 0.25) is 0 Å². The van der Waals surface area contributed by atoms with Gasteiger partial charge in [0.05, 0.1) is 11.3 Å². The van der Waals surface area contributed by atoms with Crippen molar-refractivity contribution in [3.8, 4) is 0 Å². The lowest BCUT2D eigenvalue weighted by atomic mass is 10.1. The molecule has 25 heavy (non-hydrogen) atoms. The van der Waals surface area contributed by atoms with E-state index in [2.05, 4.69) is 12.2 Å². The van der Waals surface area contributed by atoms with Crippen LogP contribution in [0.15, 0.2) is 42.5 Å². The molecule has 0 saturated heterocycles. The van der Waals surface area contributed by atoms with Crippen LogP contribution in [0.3, 0.4) is 0 Å². The van der Waals surface area contributed by atoms with Crippen molar-refractivity contribution in [2.24, 2.45) is 0 Å². The molecule has 0 bridgehead atoms. The second-order valence-electron chi connectivity index (χ2n) is 6.08. The summed E-state index contributed by atoms with van der Waals surface area (Å²) in [6.07, 6.45) is 2.10. The van der Waals surface area contributed by atoms with Crippen LogP contribution in [0.25, 0.3) is 0 Å². The van der Waals surface area contributed by atoms with Gasteiger partial charge in [0.1, 0.15) is 0 Å². The van der Waals surface area contributed by atoms with E-state index < -0.39 is 5.97 Å². The van der Waals surface area contributed by atoms with E-state index in [9.17, 15) is 14.7 Å². The number of aryl methyl sites for hydroxylation is 1. The molecule has 0 aliphatic heterocycles. The molecule has 132 valence electrons. The number of carboxylic acids is 1. The lowest BCUT2D eigenvalue weighted by Gasteiger charge is -2.20. The highest BCUT2D eigenvalue weighted by molar-refractivity contribution is 6.08. The summed E-state index contributed by atoms with van der Waals surface area (Å²) in [4.78, 5) is 26.1. The van der Waals surface area contributed by atoms with Crippen molar-refractivity contribution < 1.29 is 14.7 Å². The van der Waals surface area contributed by atoms with Gasteiger partial charge in [0.2, 0.25) is 0 Å². The number of hydrogen-bond acceptors (Lipinski definition) is 3. The molecule has 0 aromatic heterocycles. The van der Waals surface area contributed by atoms with Gasteiger partial charge in [0, 0.05) is 24.8 Å². The zero-order valence-corrected chi connectivity index (χ0v) is 14.9. The highest BCUT2D eigenvalue weighted by Gasteiger charge is 2.16. The Balaban J connectivity index is 2.27. The monoisotopic (exact) mass is 340 g/mol. The van der Waals surface area contributed by atoms with Gasteiger partial charge in [0.15, 0.2) is 0 Å². The van der Waals surface area contributed by atoms with Crippen LogP contribution in [0.1, 0.15) is 46.0 Å². The van der Waals surface area contributed by atoms with Crippen LogP contribution in [0.5, 0.6) is 0 Å². The summed E-state index contributed by atoms with van der Waals surface area (Å²) in [6, 6.07) is 12.3. The molecule has 0 aliphatic carbocycles. The minimum absolute atomic E-state index is 0.0859. The fraction of sp³-hybridized carbons (Fsp3) is 0.300. The fourth-order valence-electron chi connectivity index (χ4n) is 2.60. The zero-order chi connectivity index (χ0) is 18.4. The molecule has 0 heterocycles. The van der Waals surface area contributed by atoms with Gasteiger partial charge in [-0.1, -0.05) is 31.5 Å². The van der Waals surface area contributed by atoms with Crippen molar-refractivity contribution in [3.63, 3.8) is 0 Å². The van der Waals surface area contributed by atoms with Crippen molar-refractivity contribution >= 4 is 23.3 Å². The molecule has 2 rings (SSSR count). The topological polar surface area (TPSA) is 69.6 Å². The van der Waals surface area contributed by atoms with Crippen molar-refractivity contribution in [2.45, 2.75) is 26.7 Å². The van der Waals surface area contributed by atoms with Crippen LogP contribution in [0.4, 0.5) is 11.4 Å². The van der Waals surface area contributed by atoms with E-state index in [0.29, 0.717) is 11.3 Å². The van der Waals surface area contributed by atoms with E-state index in [4.69, 9.17) is 0 Å². The number of carboxylic acid groups (broad SMARTS) is 1. The number of amides is 1. The second kappa shape index (κ2) is 8.33. The number of rotatable bonds is 7. The van der Waals surface area contributed by atoms with Gasteiger partial charge in [-0.3, -0.25) is 4.79 Å². The Morgan fingerprint density at radius 2 is 1.84 bits per heavy atom. The van der Waals surface area contributed by atoms with Gasteiger partial charge in [-0.15, -0.1) is 0 Å². The third-order valence-electron chi connectivity index (χ3n) is 4.16. The first-order chi connectivity index (χ1) is 11.9. The average Bonchev–Trinajstić information content (AvgIpc) is 2.60. The van der Waals surface area contributed by atoms with Crippen molar-refractivity contribution in [3.05, 3.63) is 59.2 Å². The highest BCUT2D eigenvalue weighted by Crippen LogP contribution is 2.24. The maximum Gasteiger partial charge on any atom is 0.337 e. The third-order valence-corrected chi connectivity index (χ3v) is 4.16. The fourth-order valence-corrected chi connectivity index (χ4v) is 2.60. The standard InChI is InChI=1S/C20H24N2O3/c1-4-5-12-22(3)15-10-11-18(17(13-15)20(24)25)21-19(23)16-9-7-6-8-14(16)2/h6-11,13H,4-5,12H2,1-3H3,(H,21,23)(H,24,25). The number of nitrogens with zero attached hydrogens (tertiary/aromatic N) is 1. The smallest absolute Gasteiger partial charge is 0.337 e. The van der Waals surface area contributed by atoms with E-state index in [1.54, 1.807) is 24.3 Å². The van der Waals surface area contributed by atoms with Gasteiger partial charge in [-0.2, -0.15) is 0 Å². The minimum atomic E-state index is -1.06. The van der Waals surface area contributed by atoms with Crippen LogP contribution in [-0.2, 0) is 0 Å². The Morgan fingerprint density at radius 3 is 2.48 bits per heavy atom. The summed E-state index contributed by atoms with van der Waals surface area (Å²) >= 11 is 0. The van der Waals surface area contributed by atoms with Crippen LogP contribution >= 0.6 is 0 Å². The van der Waals surface area contributed by atoms with Gasteiger partial charge in [0.25, 0.3) is 5.91 Å². The molecular weight excluding hydrogens is 316 g/mol. The molecule has 5 nitrogen and oxygen atoms in total. The molecule has 0 fully saturated rings. The summed E-state index contributed by atoms with van der Waals surface area (Å²) in [5.74, 6) is -1.38. The van der Waals surface area contributed by atoms with Crippen molar-refractivity contribution in [1.82, 2.24) is 0 Å². The first-order valence-electron chi connectivity index (χ1n) is 8.39. The zero-order valence-electron chi connectivity index (χ0n) is 14.9. The molecule has 0 aliphatic rings. The van der Waals surface area contributed by atoms with Gasteiger partial charge >= 0.3 is 5.97 Å².